The van der Waals surface area contributed by atoms with Gasteiger partial charge in [-0.3, -0.25) is 9.59 Å². The maximum atomic E-state index is 13.2. The van der Waals surface area contributed by atoms with Crippen LogP contribution in [0.3, 0.4) is 0 Å². The molecule has 3 rings (SSSR count). The quantitative estimate of drug-likeness (QED) is 0.627. The second-order valence-electron chi connectivity index (χ2n) is 6.98. The molecule has 1 aromatic heterocycles. The summed E-state index contributed by atoms with van der Waals surface area (Å²) in [6.45, 7) is 0.247. The highest BCUT2D eigenvalue weighted by Crippen LogP contribution is 2.28. The van der Waals surface area contributed by atoms with Gasteiger partial charge in [0.1, 0.15) is 5.82 Å². The Morgan fingerprint density at radius 1 is 1.17 bits per heavy atom. The molecule has 6 nitrogen and oxygen atoms in total. The van der Waals surface area contributed by atoms with Crippen molar-refractivity contribution in [2.75, 3.05) is 26.0 Å². The lowest BCUT2D eigenvalue weighted by molar-refractivity contribution is -0.136. The second kappa shape index (κ2) is 8.63. The number of nitrogens with one attached hydrogen (secondary N) is 2. The number of halogens is 2. The van der Waals surface area contributed by atoms with Gasteiger partial charge in [0.05, 0.1) is 11.1 Å². The number of hydrogen-bond acceptors (Lipinski definition) is 3. The lowest BCUT2D eigenvalue weighted by Gasteiger charge is -2.24. The first kappa shape index (κ1) is 20.8. The van der Waals surface area contributed by atoms with Crippen LogP contribution in [0.15, 0.2) is 48.7 Å². The van der Waals surface area contributed by atoms with Gasteiger partial charge in [0.15, 0.2) is 0 Å². The molecule has 0 bridgehead atoms. The fraction of sp³-hybridized carbons (Fsp3) is 0.238. The average molecular weight is 417 g/mol. The van der Waals surface area contributed by atoms with Crippen LogP contribution in [0, 0.1) is 5.82 Å². The second-order valence-corrected chi connectivity index (χ2v) is 7.39. The zero-order valence-electron chi connectivity index (χ0n) is 16.4. The van der Waals surface area contributed by atoms with Crippen LogP contribution < -0.4 is 10.6 Å². The minimum Gasteiger partial charge on any atom is -0.350 e. The number of fused-ring (bicyclic) bond motifs is 1. The topological polar surface area (TPSA) is 66.4 Å². The molecule has 3 aromatic rings. The summed E-state index contributed by atoms with van der Waals surface area (Å²) < 4.78 is 15.3. The molecule has 0 aliphatic heterocycles. The number of nitrogens with zero attached hydrogens (tertiary/aromatic N) is 2. The van der Waals surface area contributed by atoms with E-state index >= 15 is 0 Å². The molecule has 1 atom stereocenters. The number of carbonyl (C=O) groups is 2. The zero-order chi connectivity index (χ0) is 21.1. The first-order valence-corrected chi connectivity index (χ1v) is 9.40. The van der Waals surface area contributed by atoms with E-state index in [0.29, 0.717) is 0 Å². The summed E-state index contributed by atoms with van der Waals surface area (Å²) in [5.74, 6) is -2.22. The fourth-order valence-electron chi connectivity index (χ4n) is 3.24. The van der Waals surface area contributed by atoms with E-state index < -0.39 is 17.6 Å². The molecule has 29 heavy (non-hydrogen) atoms. The van der Waals surface area contributed by atoms with E-state index in [1.165, 1.54) is 12.1 Å². The number of benzene rings is 2. The van der Waals surface area contributed by atoms with Gasteiger partial charge in [-0.05, 0) is 43.9 Å². The number of aromatic nitrogens is 1. The third-order valence-electron chi connectivity index (χ3n) is 4.75. The van der Waals surface area contributed by atoms with Crippen LogP contribution in [0.25, 0.3) is 10.9 Å². The third-order valence-corrected chi connectivity index (χ3v) is 5.04. The number of para-hydroxylation sites is 1. The highest BCUT2D eigenvalue weighted by molar-refractivity contribution is 6.39. The van der Waals surface area contributed by atoms with Crippen molar-refractivity contribution < 1.29 is 14.0 Å². The van der Waals surface area contributed by atoms with Crippen molar-refractivity contribution in [3.63, 3.8) is 0 Å². The number of rotatable bonds is 5. The van der Waals surface area contributed by atoms with E-state index in [4.69, 9.17) is 11.6 Å². The van der Waals surface area contributed by atoms with Gasteiger partial charge in [-0.25, -0.2) is 4.39 Å². The van der Waals surface area contributed by atoms with Crippen molar-refractivity contribution >= 4 is 40.0 Å². The lowest BCUT2D eigenvalue weighted by atomic mass is 10.0. The maximum absolute atomic E-state index is 13.2. The number of aryl methyl sites for hydroxylation is 1. The van der Waals surface area contributed by atoms with Crippen molar-refractivity contribution in [1.82, 2.24) is 14.8 Å². The lowest BCUT2D eigenvalue weighted by Crippen LogP contribution is -2.40. The Kier molecular flexibility index (Phi) is 6.20. The van der Waals surface area contributed by atoms with E-state index in [1.807, 2.05) is 61.1 Å². The van der Waals surface area contributed by atoms with Gasteiger partial charge < -0.3 is 20.1 Å². The monoisotopic (exact) mass is 416 g/mol. The van der Waals surface area contributed by atoms with Crippen molar-refractivity contribution in [1.29, 1.82) is 0 Å². The average Bonchev–Trinajstić information content (AvgIpc) is 3.01. The Labute approximate surface area is 173 Å². The summed E-state index contributed by atoms with van der Waals surface area (Å²) in [5, 5.41) is 6.05. The molecule has 2 aromatic carbocycles. The molecule has 2 amide bonds. The van der Waals surface area contributed by atoms with Crippen LogP contribution in [-0.2, 0) is 16.6 Å². The van der Waals surface area contributed by atoms with Gasteiger partial charge in [0.25, 0.3) is 0 Å². The molecule has 2 N–H and O–H groups in total. The highest BCUT2D eigenvalue weighted by Gasteiger charge is 2.22. The minimum atomic E-state index is -0.844. The molecular formula is C21H22ClFN4O2. The van der Waals surface area contributed by atoms with Crippen LogP contribution in [0.4, 0.5) is 10.1 Å². The van der Waals surface area contributed by atoms with Gasteiger partial charge in [0, 0.05) is 36.4 Å². The molecule has 0 aliphatic rings. The normalized spacial score (nSPS) is 12.2. The molecule has 0 saturated carbocycles. The molecule has 8 heteroatoms. The minimum absolute atomic E-state index is 0.127. The Balaban J connectivity index is 1.70. The molecule has 0 aliphatic carbocycles. The van der Waals surface area contributed by atoms with Gasteiger partial charge >= 0.3 is 11.8 Å². The fourth-order valence-corrected chi connectivity index (χ4v) is 3.42. The van der Waals surface area contributed by atoms with E-state index in [-0.39, 0.29) is 23.3 Å². The summed E-state index contributed by atoms with van der Waals surface area (Å²) >= 11 is 5.70. The first-order valence-electron chi connectivity index (χ1n) is 9.02. The van der Waals surface area contributed by atoms with Gasteiger partial charge in [0.2, 0.25) is 0 Å². The molecule has 0 radical (unpaired) electrons. The Bertz CT molecular complexity index is 1060. The number of likely N-dealkylation sites (N-methyl/N-ethyl adjacent to an activating group) is 1. The Hall–Kier alpha value is -2.90. The van der Waals surface area contributed by atoms with Crippen LogP contribution >= 0.6 is 11.6 Å². The number of amides is 2. The molecule has 0 spiro atoms. The largest absolute Gasteiger partial charge is 0.350 e. The Morgan fingerprint density at radius 2 is 1.90 bits per heavy atom. The number of carbonyl (C=O) groups excluding carboxylic acids is 2. The molecule has 0 fully saturated rings. The Morgan fingerprint density at radius 3 is 2.59 bits per heavy atom. The molecule has 0 saturated heterocycles. The predicted octanol–water partition coefficient (Wildman–Crippen LogP) is 3.33. The molecule has 0 unspecified atom stereocenters. The first-order chi connectivity index (χ1) is 13.8. The summed E-state index contributed by atoms with van der Waals surface area (Å²) in [6.07, 6.45) is 2.03. The smallest absolute Gasteiger partial charge is 0.313 e. The standard InChI is InChI=1S/C21H22ClFN4O2/c1-26(2)19(15-12-27(3)18-7-5-4-6-14(15)18)11-24-20(28)21(29)25-13-8-9-17(23)16(22)10-13/h4-10,12,19H,11H2,1-3H3,(H,24,28)(H,25,29)/t19-/m0/s1. The van der Waals surface area contributed by atoms with E-state index in [9.17, 15) is 14.0 Å². The van der Waals surface area contributed by atoms with Crippen molar-refractivity contribution in [2.24, 2.45) is 7.05 Å². The van der Waals surface area contributed by atoms with E-state index in [2.05, 4.69) is 10.6 Å². The van der Waals surface area contributed by atoms with Gasteiger partial charge in [-0.1, -0.05) is 29.8 Å². The van der Waals surface area contributed by atoms with Crippen LogP contribution in [0.2, 0.25) is 5.02 Å². The summed E-state index contributed by atoms with van der Waals surface area (Å²) in [5.41, 5.74) is 2.39. The molecule has 152 valence electrons. The molecule has 1 heterocycles. The van der Waals surface area contributed by atoms with Crippen LogP contribution in [-0.4, -0.2) is 41.9 Å². The SMILES string of the molecule is CN(C)[C@@H](CNC(=O)C(=O)Nc1ccc(F)c(Cl)c1)c1cn(C)c2ccccc12. The third kappa shape index (κ3) is 4.58. The van der Waals surface area contributed by atoms with E-state index in [0.717, 1.165) is 22.5 Å². The maximum Gasteiger partial charge on any atom is 0.313 e. The number of anilines is 1. The van der Waals surface area contributed by atoms with Crippen molar-refractivity contribution in [3.05, 3.63) is 65.1 Å². The summed E-state index contributed by atoms with van der Waals surface area (Å²) in [6, 6.07) is 11.6. The van der Waals surface area contributed by atoms with Crippen LogP contribution in [0.5, 0.6) is 0 Å². The summed E-state index contributed by atoms with van der Waals surface area (Å²) in [4.78, 5) is 26.4. The number of hydrogen-bond donors (Lipinski definition) is 2. The zero-order valence-corrected chi connectivity index (χ0v) is 17.1. The molecular weight excluding hydrogens is 395 g/mol. The van der Waals surface area contributed by atoms with Crippen molar-refractivity contribution in [2.45, 2.75) is 6.04 Å². The van der Waals surface area contributed by atoms with Gasteiger partial charge in [-0.2, -0.15) is 0 Å². The van der Waals surface area contributed by atoms with Gasteiger partial charge in [-0.15, -0.1) is 0 Å². The highest BCUT2D eigenvalue weighted by atomic mass is 35.5. The van der Waals surface area contributed by atoms with Crippen LogP contribution in [0.1, 0.15) is 11.6 Å². The van der Waals surface area contributed by atoms with E-state index in [1.54, 1.807) is 0 Å². The summed E-state index contributed by atoms with van der Waals surface area (Å²) in [7, 11) is 5.80. The van der Waals surface area contributed by atoms with Crippen molar-refractivity contribution in [3.8, 4) is 0 Å². The predicted molar refractivity (Wildman–Crippen MR) is 112 cm³/mol.